The number of hydrogen-bond donors (Lipinski definition) is 1. The van der Waals surface area contributed by atoms with E-state index in [1.165, 1.54) is 0 Å². The molecule has 8 heteroatoms. The summed E-state index contributed by atoms with van der Waals surface area (Å²) in [5, 5.41) is 4.61. The number of rotatable bonds is 4. The number of carbonyl (C=O) groups excluding carboxylic acids is 2. The van der Waals surface area contributed by atoms with Crippen LogP contribution in [0.2, 0.25) is 10.0 Å². The van der Waals surface area contributed by atoms with E-state index in [4.69, 9.17) is 32.7 Å². The van der Waals surface area contributed by atoms with E-state index < -0.39 is 0 Å². The Bertz CT molecular complexity index is 1010. The van der Waals surface area contributed by atoms with Gasteiger partial charge in [0.1, 0.15) is 12.4 Å². The highest BCUT2D eigenvalue weighted by molar-refractivity contribution is 6.34. The van der Waals surface area contributed by atoms with E-state index in [1.807, 2.05) is 18.2 Å². The van der Waals surface area contributed by atoms with Crippen LogP contribution in [0.25, 0.3) is 0 Å². The van der Waals surface area contributed by atoms with Crippen molar-refractivity contribution < 1.29 is 19.1 Å². The Morgan fingerprint density at radius 3 is 2.52 bits per heavy atom. The Balaban J connectivity index is 1.12. The number of carbonyl (C=O) groups is 2. The zero-order valence-electron chi connectivity index (χ0n) is 16.8. The van der Waals surface area contributed by atoms with Gasteiger partial charge >= 0.3 is 12.1 Å². The number of anilines is 1. The van der Waals surface area contributed by atoms with Gasteiger partial charge in [0, 0.05) is 46.5 Å². The molecule has 5 rings (SSSR count). The summed E-state index contributed by atoms with van der Waals surface area (Å²) in [5.41, 5.74) is 2.68. The molecule has 2 fully saturated rings. The lowest BCUT2D eigenvalue weighted by Crippen LogP contribution is -2.31. The monoisotopic (exact) mass is 460 g/mol. The van der Waals surface area contributed by atoms with Crippen LogP contribution in [0.15, 0.2) is 36.4 Å². The average molecular weight is 461 g/mol. The fraction of sp³-hybridized carbons (Fsp3) is 0.391. The summed E-state index contributed by atoms with van der Waals surface area (Å²) >= 11 is 12.0. The number of benzene rings is 2. The first-order valence-electron chi connectivity index (χ1n) is 10.4. The standard InChI is InChI=1S/C23H22Cl2N2O4/c24-17-3-13(4-18(25)8-17)12-30-23(29)27-10-15-5-20(6-16(15)11-27)26-19-2-1-14-7-22(28)31-21(14)9-19/h1-4,8-9,15-16,20,26H,5-7,10-12H2/t15-,16+,20?. The minimum atomic E-state index is -0.296. The molecule has 1 saturated heterocycles. The van der Waals surface area contributed by atoms with Gasteiger partial charge in [-0.1, -0.05) is 29.3 Å². The van der Waals surface area contributed by atoms with Crippen LogP contribution in [0.4, 0.5) is 10.5 Å². The first kappa shape index (κ1) is 20.5. The van der Waals surface area contributed by atoms with Gasteiger partial charge in [-0.2, -0.15) is 0 Å². The Labute approximate surface area is 190 Å². The van der Waals surface area contributed by atoms with Crippen LogP contribution in [0, 0.1) is 11.8 Å². The Kier molecular flexibility index (Phi) is 5.44. The molecule has 0 bridgehead atoms. The molecule has 0 aromatic heterocycles. The molecular weight excluding hydrogens is 439 g/mol. The lowest BCUT2D eigenvalue weighted by Gasteiger charge is -2.20. The second kappa shape index (κ2) is 8.24. The van der Waals surface area contributed by atoms with Crippen molar-refractivity contribution in [3.8, 4) is 5.75 Å². The molecule has 6 nitrogen and oxygen atoms in total. The normalized spacial score (nSPS) is 24.0. The number of amides is 1. The molecule has 0 radical (unpaired) electrons. The number of nitrogens with zero attached hydrogens (tertiary/aromatic N) is 1. The summed E-state index contributed by atoms with van der Waals surface area (Å²) in [6.45, 7) is 1.57. The van der Waals surface area contributed by atoms with E-state index in [0.717, 1.165) is 29.7 Å². The molecule has 2 aliphatic heterocycles. The number of ether oxygens (including phenoxy) is 2. The van der Waals surface area contributed by atoms with Gasteiger partial charge in [-0.3, -0.25) is 4.79 Å². The van der Waals surface area contributed by atoms with E-state index in [-0.39, 0.29) is 18.7 Å². The zero-order valence-corrected chi connectivity index (χ0v) is 18.3. The van der Waals surface area contributed by atoms with Gasteiger partial charge in [0.15, 0.2) is 0 Å². The first-order valence-corrected chi connectivity index (χ1v) is 11.2. The van der Waals surface area contributed by atoms with Gasteiger partial charge in [0.2, 0.25) is 0 Å². The minimum Gasteiger partial charge on any atom is -0.445 e. The molecule has 1 amide bonds. The van der Waals surface area contributed by atoms with Gasteiger partial charge in [-0.15, -0.1) is 0 Å². The third-order valence-electron chi connectivity index (χ3n) is 6.29. The molecule has 31 heavy (non-hydrogen) atoms. The Morgan fingerprint density at radius 2 is 1.81 bits per heavy atom. The van der Waals surface area contributed by atoms with Crippen molar-refractivity contribution in [3.05, 3.63) is 57.6 Å². The Morgan fingerprint density at radius 1 is 1.10 bits per heavy atom. The number of hydrogen-bond acceptors (Lipinski definition) is 5. The van der Waals surface area contributed by atoms with E-state index >= 15 is 0 Å². The molecule has 3 aliphatic rings. The molecule has 2 heterocycles. The second-order valence-corrected chi connectivity index (χ2v) is 9.42. The van der Waals surface area contributed by atoms with Crippen LogP contribution >= 0.6 is 23.2 Å². The van der Waals surface area contributed by atoms with E-state index in [9.17, 15) is 9.59 Å². The van der Waals surface area contributed by atoms with Crippen LogP contribution < -0.4 is 10.1 Å². The maximum Gasteiger partial charge on any atom is 0.410 e. The van der Waals surface area contributed by atoms with Crippen LogP contribution in [0.5, 0.6) is 5.75 Å². The fourth-order valence-electron chi connectivity index (χ4n) is 4.93. The van der Waals surface area contributed by atoms with Crippen molar-refractivity contribution in [3.63, 3.8) is 0 Å². The summed E-state index contributed by atoms with van der Waals surface area (Å²) in [6, 6.07) is 11.3. The smallest absolute Gasteiger partial charge is 0.410 e. The summed E-state index contributed by atoms with van der Waals surface area (Å²) in [4.78, 5) is 25.7. The van der Waals surface area contributed by atoms with Gasteiger partial charge < -0.3 is 19.7 Å². The predicted octanol–water partition coefficient (Wildman–Crippen LogP) is 4.91. The molecule has 2 aromatic carbocycles. The summed E-state index contributed by atoms with van der Waals surface area (Å²) in [5.74, 6) is 1.37. The highest BCUT2D eigenvalue weighted by Crippen LogP contribution is 2.40. The Hall–Kier alpha value is -2.44. The zero-order chi connectivity index (χ0) is 21.5. The highest BCUT2D eigenvalue weighted by Gasteiger charge is 2.42. The van der Waals surface area contributed by atoms with E-state index in [1.54, 1.807) is 23.1 Å². The molecule has 162 valence electrons. The van der Waals surface area contributed by atoms with Crippen LogP contribution in [0.3, 0.4) is 0 Å². The molecule has 2 aromatic rings. The van der Waals surface area contributed by atoms with Gasteiger partial charge in [0.25, 0.3) is 0 Å². The van der Waals surface area contributed by atoms with Crippen LogP contribution in [0.1, 0.15) is 24.0 Å². The van der Waals surface area contributed by atoms with Crippen molar-refractivity contribution in [1.29, 1.82) is 0 Å². The maximum absolute atomic E-state index is 12.5. The number of halogens is 2. The lowest BCUT2D eigenvalue weighted by atomic mass is 10.0. The van der Waals surface area contributed by atoms with Crippen molar-refractivity contribution in [2.75, 3.05) is 18.4 Å². The summed E-state index contributed by atoms with van der Waals surface area (Å²) in [7, 11) is 0. The summed E-state index contributed by atoms with van der Waals surface area (Å²) < 4.78 is 10.7. The van der Waals surface area contributed by atoms with E-state index in [0.29, 0.717) is 53.2 Å². The SMILES string of the molecule is O=C1Cc2ccc(NC3C[C@@H]4CN(C(=O)OCc5cc(Cl)cc(Cl)c5)C[C@@H]4C3)cc2O1. The molecule has 0 spiro atoms. The predicted molar refractivity (Wildman–Crippen MR) is 118 cm³/mol. The van der Waals surface area contributed by atoms with Crippen LogP contribution in [-0.2, 0) is 22.6 Å². The quantitative estimate of drug-likeness (QED) is 0.518. The number of fused-ring (bicyclic) bond motifs is 2. The number of esters is 1. The molecule has 1 aliphatic carbocycles. The van der Waals surface area contributed by atoms with Crippen molar-refractivity contribution in [2.45, 2.75) is 31.9 Å². The number of likely N-dealkylation sites (tertiary alicyclic amines) is 1. The molecule has 3 atom stereocenters. The second-order valence-electron chi connectivity index (χ2n) is 8.54. The van der Waals surface area contributed by atoms with E-state index in [2.05, 4.69) is 5.32 Å². The molecule has 1 unspecified atom stereocenters. The maximum atomic E-state index is 12.5. The molecule has 1 N–H and O–H groups in total. The van der Waals surface area contributed by atoms with Gasteiger partial charge in [0.05, 0.1) is 6.42 Å². The third kappa shape index (κ3) is 4.46. The fourth-order valence-corrected chi connectivity index (χ4v) is 5.50. The molecule has 1 saturated carbocycles. The largest absolute Gasteiger partial charge is 0.445 e. The number of nitrogens with one attached hydrogen (secondary N) is 1. The molecular formula is C23H22Cl2N2O4. The van der Waals surface area contributed by atoms with Gasteiger partial charge in [-0.25, -0.2) is 4.79 Å². The lowest BCUT2D eigenvalue weighted by molar-refractivity contribution is -0.131. The average Bonchev–Trinajstić information content (AvgIpc) is 3.37. The van der Waals surface area contributed by atoms with Crippen molar-refractivity contribution >= 4 is 41.0 Å². The summed E-state index contributed by atoms with van der Waals surface area (Å²) in [6.07, 6.45) is 2.04. The van der Waals surface area contributed by atoms with Crippen molar-refractivity contribution in [1.82, 2.24) is 4.90 Å². The topological polar surface area (TPSA) is 67.9 Å². The van der Waals surface area contributed by atoms with Crippen LogP contribution in [-0.4, -0.2) is 36.1 Å². The van der Waals surface area contributed by atoms with Gasteiger partial charge in [-0.05, 0) is 54.5 Å². The first-order chi connectivity index (χ1) is 14.9. The third-order valence-corrected chi connectivity index (χ3v) is 6.73. The highest BCUT2D eigenvalue weighted by atomic mass is 35.5. The van der Waals surface area contributed by atoms with Crippen molar-refractivity contribution in [2.24, 2.45) is 11.8 Å². The minimum absolute atomic E-state index is 0.151.